The van der Waals surface area contributed by atoms with Gasteiger partial charge in [0.1, 0.15) is 0 Å². The molecular formula is C12H21Cl2N3. The molecule has 0 saturated carbocycles. The van der Waals surface area contributed by atoms with Gasteiger partial charge in [0.15, 0.2) is 0 Å². The summed E-state index contributed by atoms with van der Waals surface area (Å²) in [5.74, 6) is 0. The molecule has 1 aromatic heterocycles. The lowest BCUT2D eigenvalue weighted by atomic mass is 10.2. The van der Waals surface area contributed by atoms with E-state index in [1.807, 2.05) is 18.7 Å². The third-order valence-electron chi connectivity index (χ3n) is 2.83. The van der Waals surface area contributed by atoms with Crippen LogP contribution in [0.25, 0.3) is 0 Å². The van der Waals surface area contributed by atoms with Crippen molar-refractivity contribution >= 4 is 23.2 Å². The fraction of sp³-hybridized carbons (Fsp3) is 0.750. The maximum atomic E-state index is 6.30. The van der Waals surface area contributed by atoms with Gasteiger partial charge in [0, 0.05) is 19.0 Å². The first kappa shape index (κ1) is 14.8. The summed E-state index contributed by atoms with van der Waals surface area (Å²) in [5.41, 5.74) is 2.05. The van der Waals surface area contributed by atoms with Gasteiger partial charge in [-0.05, 0) is 33.4 Å². The Labute approximate surface area is 114 Å². The predicted molar refractivity (Wildman–Crippen MR) is 73.9 cm³/mol. The van der Waals surface area contributed by atoms with E-state index in [9.17, 15) is 0 Å². The fourth-order valence-corrected chi connectivity index (χ4v) is 2.18. The van der Waals surface area contributed by atoms with Crippen LogP contribution < -0.4 is 0 Å². The van der Waals surface area contributed by atoms with Crippen molar-refractivity contribution in [2.24, 2.45) is 7.05 Å². The van der Waals surface area contributed by atoms with E-state index < -0.39 is 0 Å². The van der Waals surface area contributed by atoms with Gasteiger partial charge in [-0.15, -0.1) is 11.6 Å². The van der Waals surface area contributed by atoms with E-state index >= 15 is 0 Å². The molecule has 0 spiro atoms. The summed E-state index contributed by atoms with van der Waals surface area (Å²) in [6, 6.07) is 0. The topological polar surface area (TPSA) is 21.1 Å². The average Bonchev–Trinajstić information content (AvgIpc) is 2.53. The zero-order valence-electron chi connectivity index (χ0n) is 11.0. The molecule has 0 aromatic carbocycles. The molecule has 17 heavy (non-hydrogen) atoms. The number of hydrogen-bond donors (Lipinski definition) is 0. The molecule has 0 radical (unpaired) electrons. The van der Waals surface area contributed by atoms with Gasteiger partial charge in [-0.25, -0.2) is 0 Å². The first-order chi connectivity index (χ1) is 7.95. The Kier molecular flexibility index (Phi) is 5.77. The van der Waals surface area contributed by atoms with E-state index in [0.29, 0.717) is 0 Å². The molecule has 5 heteroatoms. The first-order valence-electron chi connectivity index (χ1n) is 5.98. The Hall–Kier alpha value is -0.250. The number of halogens is 2. The third kappa shape index (κ3) is 4.16. The molecule has 0 bridgehead atoms. The van der Waals surface area contributed by atoms with Crippen LogP contribution in [0.4, 0.5) is 0 Å². The predicted octanol–water partition coefficient (Wildman–Crippen LogP) is 3.09. The molecule has 1 atom stereocenters. The summed E-state index contributed by atoms with van der Waals surface area (Å²) < 4.78 is 1.88. The standard InChI is InChI=1S/C12H21Cl2N3/c1-5-10-12(14)11(17(4)15-10)8-16(3)7-6-9(2)13/h9H,5-8H2,1-4H3. The van der Waals surface area contributed by atoms with E-state index in [2.05, 4.69) is 24.0 Å². The Bertz CT molecular complexity index is 361. The first-order valence-corrected chi connectivity index (χ1v) is 6.80. The summed E-state index contributed by atoms with van der Waals surface area (Å²) in [7, 11) is 4.02. The highest BCUT2D eigenvalue weighted by Gasteiger charge is 2.14. The van der Waals surface area contributed by atoms with Crippen molar-refractivity contribution in [1.82, 2.24) is 14.7 Å². The van der Waals surface area contributed by atoms with E-state index in [1.54, 1.807) is 0 Å². The minimum Gasteiger partial charge on any atom is -0.300 e. The Balaban J connectivity index is 2.64. The van der Waals surface area contributed by atoms with Crippen molar-refractivity contribution in [2.45, 2.75) is 38.6 Å². The van der Waals surface area contributed by atoms with E-state index in [0.717, 1.165) is 42.3 Å². The van der Waals surface area contributed by atoms with E-state index in [4.69, 9.17) is 23.2 Å². The molecule has 1 rings (SSSR count). The Morgan fingerprint density at radius 2 is 2.12 bits per heavy atom. The van der Waals surface area contributed by atoms with Crippen LogP contribution in [0.1, 0.15) is 31.7 Å². The molecule has 0 N–H and O–H groups in total. The molecule has 0 fully saturated rings. The van der Waals surface area contributed by atoms with Gasteiger partial charge in [-0.3, -0.25) is 4.68 Å². The SMILES string of the molecule is CCc1nn(C)c(CN(C)CCC(C)Cl)c1Cl. The molecule has 0 aliphatic carbocycles. The molecule has 1 heterocycles. The quantitative estimate of drug-likeness (QED) is 0.746. The molecule has 0 amide bonds. The normalized spacial score (nSPS) is 13.4. The summed E-state index contributed by atoms with van der Waals surface area (Å²) in [6.45, 7) is 5.86. The van der Waals surface area contributed by atoms with Crippen molar-refractivity contribution < 1.29 is 0 Å². The van der Waals surface area contributed by atoms with Crippen molar-refractivity contribution in [3.63, 3.8) is 0 Å². The Morgan fingerprint density at radius 3 is 2.59 bits per heavy atom. The van der Waals surface area contributed by atoms with Crippen LogP contribution in [0.3, 0.4) is 0 Å². The Morgan fingerprint density at radius 1 is 1.47 bits per heavy atom. The second-order valence-electron chi connectivity index (χ2n) is 4.49. The lowest BCUT2D eigenvalue weighted by molar-refractivity contribution is 0.312. The maximum Gasteiger partial charge on any atom is 0.0863 e. The third-order valence-corrected chi connectivity index (χ3v) is 3.49. The molecule has 3 nitrogen and oxygen atoms in total. The lowest BCUT2D eigenvalue weighted by Gasteiger charge is -2.17. The molecular weight excluding hydrogens is 257 g/mol. The minimum atomic E-state index is 0.214. The zero-order valence-corrected chi connectivity index (χ0v) is 12.5. The number of aromatic nitrogens is 2. The zero-order chi connectivity index (χ0) is 13.0. The molecule has 0 aliphatic rings. The highest BCUT2D eigenvalue weighted by Crippen LogP contribution is 2.22. The average molecular weight is 278 g/mol. The van der Waals surface area contributed by atoms with Gasteiger partial charge < -0.3 is 4.90 Å². The molecule has 1 aromatic rings. The second-order valence-corrected chi connectivity index (χ2v) is 5.61. The summed E-state index contributed by atoms with van der Waals surface area (Å²) in [6.07, 6.45) is 1.85. The van der Waals surface area contributed by atoms with Crippen LogP contribution in [-0.4, -0.2) is 33.6 Å². The van der Waals surface area contributed by atoms with Gasteiger partial charge in [0.05, 0.1) is 16.4 Å². The number of nitrogens with zero attached hydrogens (tertiary/aromatic N) is 3. The number of hydrogen-bond acceptors (Lipinski definition) is 2. The van der Waals surface area contributed by atoms with Gasteiger partial charge >= 0.3 is 0 Å². The molecule has 0 saturated heterocycles. The minimum absolute atomic E-state index is 0.214. The van der Waals surface area contributed by atoms with Crippen LogP contribution >= 0.6 is 23.2 Å². The van der Waals surface area contributed by atoms with Crippen LogP contribution in [-0.2, 0) is 20.0 Å². The number of rotatable bonds is 6. The van der Waals surface area contributed by atoms with Crippen LogP contribution in [0.15, 0.2) is 0 Å². The largest absolute Gasteiger partial charge is 0.300 e. The smallest absolute Gasteiger partial charge is 0.0863 e. The summed E-state index contributed by atoms with van der Waals surface area (Å²) in [4.78, 5) is 2.22. The van der Waals surface area contributed by atoms with E-state index in [1.165, 1.54) is 0 Å². The lowest BCUT2D eigenvalue weighted by Crippen LogP contribution is -2.22. The highest BCUT2D eigenvalue weighted by atomic mass is 35.5. The summed E-state index contributed by atoms with van der Waals surface area (Å²) in [5, 5.41) is 5.43. The molecule has 0 aliphatic heterocycles. The highest BCUT2D eigenvalue weighted by molar-refractivity contribution is 6.31. The van der Waals surface area contributed by atoms with Crippen molar-refractivity contribution in [2.75, 3.05) is 13.6 Å². The molecule has 1 unspecified atom stereocenters. The van der Waals surface area contributed by atoms with Gasteiger partial charge in [-0.1, -0.05) is 18.5 Å². The van der Waals surface area contributed by atoms with Crippen LogP contribution in [0.2, 0.25) is 5.02 Å². The monoisotopic (exact) mass is 277 g/mol. The van der Waals surface area contributed by atoms with Crippen molar-refractivity contribution in [1.29, 1.82) is 0 Å². The van der Waals surface area contributed by atoms with Crippen molar-refractivity contribution in [3.05, 3.63) is 16.4 Å². The fourth-order valence-electron chi connectivity index (χ4n) is 1.72. The van der Waals surface area contributed by atoms with Crippen LogP contribution in [0, 0.1) is 0 Å². The van der Waals surface area contributed by atoms with Crippen LogP contribution in [0.5, 0.6) is 0 Å². The van der Waals surface area contributed by atoms with Crippen molar-refractivity contribution in [3.8, 4) is 0 Å². The number of alkyl halides is 1. The van der Waals surface area contributed by atoms with Gasteiger partial charge in [0.2, 0.25) is 0 Å². The molecule has 98 valence electrons. The maximum absolute atomic E-state index is 6.30. The number of aryl methyl sites for hydroxylation is 2. The van der Waals surface area contributed by atoms with Gasteiger partial charge in [0.25, 0.3) is 0 Å². The van der Waals surface area contributed by atoms with Gasteiger partial charge in [-0.2, -0.15) is 5.10 Å². The summed E-state index contributed by atoms with van der Waals surface area (Å²) >= 11 is 12.2. The van der Waals surface area contributed by atoms with E-state index in [-0.39, 0.29) is 5.38 Å². The second kappa shape index (κ2) is 6.62.